The Morgan fingerprint density at radius 1 is 1.75 bits per heavy atom. The molecule has 0 bridgehead atoms. The number of amides is 1. The zero-order chi connectivity index (χ0) is 5.98. The van der Waals surface area contributed by atoms with Crippen LogP contribution in [-0.2, 0) is 9.53 Å². The van der Waals surface area contributed by atoms with Crippen molar-refractivity contribution in [1.29, 1.82) is 0 Å². The summed E-state index contributed by atoms with van der Waals surface area (Å²) in [5.74, 6) is -0.0312. The van der Waals surface area contributed by atoms with Gasteiger partial charge in [-0.05, 0) is 0 Å². The predicted molar refractivity (Wildman–Crippen MR) is 27.9 cm³/mol. The lowest BCUT2D eigenvalue weighted by Gasteiger charge is -2.29. The van der Waals surface area contributed by atoms with Gasteiger partial charge in [0.2, 0.25) is 5.91 Å². The summed E-state index contributed by atoms with van der Waals surface area (Å²) in [6.45, 7) is 1.44. The second-order valence-corrected chi connectivity index (χ2v) is 1.71. The first-order chi connectivity index (χ1) is 3.80. The van der Waals surface area contributed by atoms with Crippen molar-refractivity contribution < 1.29 is 9.53 Å². The average Bonchev–Trinajstić information content (AvgIpc) is 1.77. The molecule has 0 aromatic carbocycles. The molecule has 0 radical (unpaired) electrons. The molecule has 0 atom stereocenters. The van der Waals surface area contributed by atoms with Crippen LogP contribution in [0.1, 0.15) is 0 Å². The number of carbonyl (C=O) groups excluding carboxylic acids is 1. The van der Waals surface area contributed by atoms with Crippen LogP contribution in [0.4, 0.5) is 0 Å². The van der Waals surface area contributed by atoms with E-state index in [1.165, 1.54) is 4.90 Å². The molecule has 0 aromatic rings. The first kappa shape index (κ1) is 5.56. The Kier molecular flexibility index (Phi) is 1.48. The zero-order valence-corrected chi connectivity index (χ0v) is 4.59. The van der Waals surface area contributed by atoms with Gasteiger partial charge in [0.25, 0.3) is 0 Å². The van der Waals surface area contributed by atoms with E-state index in [2.05, 4.69) is 7.05 Å². The topological polar surface area (TPSA) is 29.5 Å². The molecule has 46 valence electrons. The van der Waals surface area contributed by atoms with Gasteiger partial charge in [0.1, 0.15) is 6.61 Å². The molecule has 1 saturated heterocycles. The third kappa shape index (κ3) is 0.980. The number of morpholine rings is 1. The van der Waals surface area contributed by atoms with Gasteiger partial charge >= 0.3 is 0 Å². The molecule has 1 rings (SSSR count). The summed E-state index contributed by atoms with van der Waals surface area (Å²) in [4.78, 5) is 12.0. The van der Waals surface area contributed by atoms with E-state index in [0.717, 1.165) is 0 Å². The summed E-state index contributed by atoms with van der Waals surface area (Å²) in [5.41, 5.74) is 0. The Labute approximate surface area is 48.2 Å². The Morgan fingerprint density at radius 3 is 2.88 bits per heavy atom. The van der Waals surface area contributed by atoms with Crippen LogP contribution >= 0.6 is 0 Å². The van der Waals surface area contributed by atoms with E-state index in [0.29, 0.717) is 13.2 Å². The SMILES string of the molecule is [CH2-]N1CCOCC1=O. The van der Waals surface area contributed by atoms with E-state index in [1.807, 2.05) is 0 Å². The van der Waals surface area contributed by atoms with E-state index in [-0.39, 0.29) is 12.5 Å². The van der Waals surface area contributed by atoms with Gasteiger partial charge in [0.05, 0.1) is 6.61 Å². The molecule has 0 unspecified atom stereocenters. The number of rotatable bonds is 0. The molecule has 3 heteroatoms. The Morgan fingerprint density at radius 2 is 2.50 bits per heavy atom. The summed E-state index contributed by atoms with van der Waals surface area (Å²) >= 11 is 0. The minimum absolute atomic E-state index is 0.0312. The molecule has 3 nitrogen and oxygen atoms in total. The van der Waals surface area contributed by atoms with Crippen LogP contribution in [0.3, 0.4) is 0 Å². The lowest BCUT2D eigenvalue weighted by Crippen LogP contribution is -2.36. The van der Waals surface area contributed by atoms with Crippen molar-refractivity contribution in [2.24, 2.45) is 0 Å². The zero-order valence-electron chi connectivity index (χ0n) is 4.59. The quantitative estimate of drug-likeness (QED) is 0.402. The van der Waals surface area contributed by atoms with Crippen LogP contribution in [0.5, 0.6) is 0 Å². The second-order valence-electron chi connectivity index (χ2n) is 1.71. The minimum atomic E-state index is -0.0312. The molecular formula is C5H8NO2-. The third-order valence-corrected chi connectivity index (χ3v) is 1.08. The molecule has 0 saturated carbocycles. The van der Waals surface area contributed by atoms with Crippen LogP contribution in [0, 0.1) is 7.05 Å². The number of hydrogen-bond donors (Lipinski definition) is 0. The molecule has 1 fully saturated rings. The second kappa shape index (κ2) is 2.13. The largest absolute Gasteiger partial charge is 0.492 e. The molecule has 1 aliphatic heterocycles. The number of hydrogen-bond acceptors (Lipinski definition) is 2. The van der Waals surface area contributed by atoms with Gasteiger partial charge in [0.15, 0.2) is 0 Å². The van der Waals surface area contributed by atoms with E-state index in [1.54, 1.807) is 0 Å². The van der Waals surface area contributed by atoms with Crippen molar-refractivity contribution in [3.8, 4) is 0 Å². The maximum atomic E-state index is 10.5. The number of carbonyl (C=O) groups is 1. The predicted octanol–water partition coefficient (Wildman–Crippen LogP) is -0.363. The van der Waals surface area contributed by atoms with Gasteiger partial charge < -0.3 is 9.64 Å². The fourth-order valence-corrected chi connectivity index (χ4v) is 0.550. The average molecular weight is 114 g/mol. The van der Waals surface area contributed by atoms with Crippen molar-refractivity contribution in [3.05, 3.63) is 7.05 Å². The van der Waals surface area contributed by atoms with Crippen LogP contribution in [-0.4, -0.2) is 30.6 Å². The highest BCUT2D eigenvalue weighted by Gasteiger charge is 2.07. The first-order valence-corrected chi connectivity index (χ1v) is 2.49. The van der Waals surface area contributed by atoms with Gasteiger partial charge in [-0.3, -0.25) is 11.8 Å². The normalized spacial score (nSPS) is 21.6. The van der Waals surface area contributed by atoms with Crippen molar-refractivity contribution in [3.63, 3.8) is 0 Å². The fourth-order valence-electron chi connectivity index (χ4n) is 0.550. The van der Waals surface area contributed by atoms with E-state index in [4.69, 9.17) is 4.74 Å². The molecule has 0 spiro atoms. The molecule has 8 heavy (non-hydrogen) atoms. The maximum absolute atomic E-state index is 10.5. The molecule has 1 amide bonds. The fraction of sp³-hybridized carbons (Fsp3) is 0.600. The minimum Gasteiger partial charge on any atom is -0.492 e. The lowest BCUT2D eigenvalue weighted by atomic mass is 10.4. The van der Waals surface area contributed by atoms with Gasteiger partial charge in [-0.15, -0.1) is 0 Å². The molecule has 0 aromatic heterocycles. The Bertz CT molecular complexity index is 103. The van der Waals surface area contributed by atoms with Crippen molar-refractivity contribution in [1.82, 2.24) is 4.90 Å². The summed E-state index contributed by atoms with van der Waals surface area (Å²) in [5, 5.41) is 0. The van der Waals surface area contributed by atoms with Crippen molar-refractivity contribution >= 4 is 5.91 Å². The van der Waals surface area contributed by atoms with Crippen molar-refractivity contribution in [2.75, 3.05) is 19.8 Å². The third-order valence-electron chi connectivity index (χ3n) is 1.08. The summed E-state index contributed by atoms with van der Waals surface area (Å²) < 4.78 is 4.82. The molecule has 1 heterocycles. The molecule has 0 aliphatic carbocycles. The first-order valence-electron chi connectivity index (χ1n) is 2.49. The van der Waals surface area contributed by atoms with Crippen LogP contribution in [0.2, 0.25) is 0 Å². The summed E-state index contributed by atoms with van der Waals surface area (Å²) in [6, 6.07) is 0. The highest BCUT2D eigenvalue weighted by atomic mass is 16.5. The Balaban J connectivity index is 2.39. The molecule has 1 aliphatic rings. The lowest BCUT2D eigenvalue weighted by molar-refractivity contribution is -0.139. The number of nitrogens with zero attached hydrogens (tertiary/aromatic N) is 1. The Hall–Kier alpha value is -0.570. The maximum Gasteiger partial charge on any atom is 0.219 e. The van der Waals surface area contributed by atoms with E-state index >= 15 is 0 Å². The number of ether oxygens (including phenoxy) is 1. The van der Waals surface area contributed by atoms with Crippen LogP contribution < -0.4 is 0 Å². The molecule has 0 N–H and O–H groups in total. The summed E-state index contributed by atoms with van der Waals surface area (Å²) in [6.07, 6.45) is 0. The van der Waals surface area contributed by atoms with E-state index < -0.39 is 0 Å². The van der Waals surface area contributed by atoms with Crippen molar-refractivity contribution in [2.45, 2.75) is 0 Å². The summed E-state index contributed by atoms with van der Waals surface area (Å²) in [7, 11) is 3.48. The van der Waals surface area contributed by atoms with Crippen LogP contribution in [0.15, 0.2) is 0 Å². The molecular weight excluding hydrogens is 106 g/mol. The van der Waals surface area contributed by atoms with Gasteiger partial charge in [-0.2, -0.15) is 0 Å². The smallest absolute Gasteiger partial charge is 0.219 e. The standard InChI is InChI=1S/C5H8NO2/c1-6-2-3-8-4-5(6)7/h1-4H2/q-1. The highest BCUT2D eigenvalue weighted by molar-refractivity contribution is 5.78. The van der Waals surface area contributed by atoms with E-state index in [9.17, 15) is 4.79 Å². The van der Waals surface area contributed by atoms with Crippen LogP contribution in [0.25, 0.3) is 0 Å². The monoisotopic (exact) mass is 114 g/mol. The van der Waals surface area contributed by atoms with Gasteiger partial charge in [0, 0.05) is 6.54 Å². The highest BCUT2D eigenvalue weighted by Crippen LogP contribution is 1.94. The van der Waals surface area contributed by atoms with Gasteiger partial charge in [-0.25, -0.2) is 0 Å². The van der Waals surface area contributed by atoms with Gasteiger partial charge in [-0.1, -0.05) is 0 Å².